The first kappa shape index (κ1) is 12.4. The molecule has 0 saturated carbocycles. The molecule has 0 aliphatic carbocycles. The van der Waals surface area contributed by atoms with E-state index in [1.54, 1.807) is 0 Å². The molecule has 0 amide bonds. The van der Waals surface area contributed by atoms with Crippen LogP contribution in [0.4, 0.5) is 0 Å². The van der Waals surface area contributed by atoms with Crippen LogP contribution in [0.2, 0.25) is 0 Å². The lowest BCUT2D eigenvalue weighted by Gasteiger charge is -2.23. The predicted octanol–water partition coefficient (Wildman–Crippen LogP) is 3.26. The average molecular weight is 255 g/mol. The quantitative estimate of drug-likeness (QED) is 0.821. The second kappa shape index (κ2) is 4.82. The average Bonchev–Trinajstić information content (AvgIpc) is 2.96. The van der Waals surface area contributed by atoms with Crippen LogP contribution in [0.15, 0.2) is 30.5 Å². The normalized spacial score (nSPS) is 20.1. The summed E-state index contributed by atoms with van der Waals surface area (Å²) in [6.07, 6.45) is 4.40. The predicted molar refractivity (Wildman–Crippen MR) is 77.6 cm³/mol. The van der Waals surface area contributed by atoms with Crippen LogP contribution in [0, 0.1) is 13.8 Å². The van der Waals surface area contributed by atoms with Crippen LogP contribution in [0.3, 0.4) is 0 Å². The lowest BCUT2D eigenvalue weighted by molar-refractivity contribution is 0.316. The Bertz CT molecular complexity index is 566. The second-order valence-electron chi connectivity index (χ2n) is 5.51. The first-order chi connectivity index (χ1) is 9.18. The maximum absolute atomic E-state index is 4.66. The molecule has 3 rings (SSSR count). The Morgan fingerprint density at radius 3 is 2.53 bits per heavy atom. The van der Waals surface area contributed by atoms with Crippen molar-refractivity contribution in [2.24, 2.45) is 0 Å². The van der Waals surface area contributed by atoms with E-state index in [1.165, 1.54) is 36.3 Å². The summed E-state index contributed by atoms with van der Waals surface area (Å²) >= 11 is 0. The second-order valence-corrected chi connectivity index (χ2v) is 5.51. The first-order valence-electron chi connectivity index (χ1n) is 6.99. The van der Waals surface area contributed by atoms with Gasteiger partial charge in [0.25, 0.3) is 0 Å². The van der Waals surface area contributed by atoms with Crippen LogP contribution < -0.4 is 0 Å². The van der Waals surface area contributed by atoms with E-state index < -0.39 is 0 Å². The molecule has 0 N–H and O–H groups in total. The highest BCUT2D eigenvalue weighted by Crippen LogP contribution is 2.33. The van der Waals surface area contributed by atoms with E-state index in [1.807, 2.05) is 6.20 Å². The number of nitrogens with zero attached hydrogens (tertiary/aromatic N) is 3. The SMILES string of the molecule is Cc1ccc(C)n1-c1ncccc1[C@H]1CCCN1C. The molecule has 3 heterocycles. The Morgan fingerprint density at radius 1 is 1.16 bits per heavy atom. The molecular weight excluding hydrogens is 234 g/mol. The van der Waals surface area contributed by atoms with Crippen LogP contribution in [0.5, 0.6) is 0 Å². The van der Waals surface area contributed by atoms with Crippen molar-refractivity contribution >= 4 is 0 Å². The summed E-state index contributed by atoms with van der Waals surface area (Å²) in [6.45, 7) is 5.47. The summed E-state index contributed by atoms with van der Waals surface area (Å²) in [5.74, 6) is 1.10. The molecule has 0 radical (unpaired) electrons. The number of rotatable bonds is 2. The molecule has 2 aromatic heterocycles. The lowest BCUT2D eigenvalue weighted by atomic mass is 10.1. The van der Waals surface area contributed by atoms with Crippen LogP contribution in [0.1, 0.15) is 35.8 Å². The third kappa shape index (κ3) is 2.08. The highest BCUT2D eigenvalue weighted by Gasteiger charge is 2.26. The van der Waals surface area contributed by atoms with Gasteiger partial charge in [0, 0.05) is 29.2 Å². The molecule has 3 heteroatoms. The Kier molecular flexibility index (Phi) is 3.15. The molecule has 0 unspecified atom stereocenters. The van der Waals surface area contributed by atoms with Crippen molar-refractivity contribution in [1.29, 1.82) is 0 Å². The summed E-state index contributed by atoms with van der Waals surface area (Å²) < 4.78 is 2.27. The van der Waals surface area contributed by atoms with E-state index in [4.69, 9.17) is 0 Å². The van der Waals surface area contributed by atoms with E-state index in [0.717, 1.165) is 5.82 Å². The van der Waals surface area contributed by atoms with Gasteiger partial charge in [-0.1, -0.05) is 6.07 Å². The zero-order valence-corrected chi connectivity index (χ0v) is 11.9. The van der Waals surface area contributed by atoms with Crippen molar-refractivity contribution in [3.05, 3.63) is 47.4 Å². The Hall–Kier alpha value is -1.61. The van der Waals surface area contributed by atoms with Crippen LogP contribution in [0.25, 0.3) is 5.82 Å². The van der Waals surface area contributed by atoms with E-state index in [0.29, 0.717) is 6.04 Å². The molecule has 0 bridgehead atoms. The van der Waals surface area contributed by atoms with Crippen molar-refractivity contribution in [2.45, 2.75) is 32.7 Å². The molecule has 1 aliphatic heterocycles. The lowest BCUT2D eigenvalue weighted by Crippen LogP contribution is -2.20. The molecule has 100 valence electrons. The number of aromatic nitrogens is 2. The molecule has 0 aromatic carbocycles. The fourth-order valence-corrected chi connectivity index (χ4v) is 3.16. The third-order valence-electron chi connectivity index (χ3n) is 4.18. The minimum atomic E-state index is 0.505. The van der Waals surface area contributed by atoms with Crippen molar-refractivity contribution in [1.82, 2.24) is 14.5 Å². The van der Waals surface area contributed by atoms with Gasteiger partial charge in [-0.3, -0.25) is 4.90 Å². The van der Waals surface area contributed by atoms with E-state index in [-0.39, 0.29) is 0 Å². The van der Waals surface area contributed by atoms with Gasteiger partial charge in [0.1, 0.15) is 5.82 Å². The van der Waals surface area contributed by atoms with Gasteiger partial charge >= 0.3 is 0 Å². The molecule has 3 nitrogen and oxygen atoms in total. The fourth-order valence-electron chi connectivity index (χ4n) is 3.16. The largest absolute Gasteiger partial charge is 0.303 e. The number of aryl methyl sites for hydroxylation is 2. The minimum Gasteiger partial charge on any atom is -0.303 e. The Balaban J connectivity index is 2.12. The van der Waals surface area contributed by atoms with Gasteiger partial charge in [0.2, 0.25) is 0 Å². The minimum absolute atomic E-state index is 0.505. The molecule has 1 fully saturated rings. The first-order valence-corrected chi connectivity index (χ1v) is 6.99. The molecule has 1 aliphatic rings. The molecule has 2 aromatic rings. The molecule has 1 atom stereocenters. The topological polar surface area (TPSA) is 21.1 Å². The number of hydrogen-bond donors (Lipinski definition) is 0. The Morgan fingerprint density at radius 2 is 1.89 bits per heavy atom. The summed E-state index contributed by atoms with van der Waals surface area (Å²) in [4.78, 5) is 7.10. The summed E-state index contributed by atoms with van der Waals surface area (Å²) in [6, 6.07) is 9.11. The van der Waals surface area contributed by atoms with Crippen molar-refractivity contribution < 1.29 is 0 Å². The molecule has 0 spiro atoms. The van der Waals surface area contributed by atoms with Crippen LogP contribution in [-0.2, 0) is 0 Å². The molecule has 1 saturated heterocycles. The highest BCUT2D eigenvalue weighted by molar-refractivity contribution is 5.40. The highest BCUT2D eigenvalue weighted by atomic mass is 15.2. The van der Waals surface area contributed by atoms with Crippen molar-refractivity contribution in [2.75, 3.05) is 13.6 Å². The number of hydrogen-bond acceptors (Lipinski definition) is 2. The molecular formula is C16H21N3. The summed E-state index contributed by atoms with van der Waals surface area (Å²) in [5, 5.41) is 0. The van der Waals surface area contributed by atoms with Crippen molar-refractivity contribution in [3.8, 4) is 5.82 Å². The van der Waals surface area contributed by atoms with Crippen LogP contribution in [-0.4, -0.2) is 28.0 Å². The number of likely N-dealkylation sites (tertiary alicyclic amines) is 1. The third-order valence-corrected chi connectivity index (χ3v) is 4.18. The standard InChI is InChI=1S/C16H21N3/c1-12-8-9-13(2)19(12)16-14(6-4-10-17-16)15-7-5-11-18(15)3/h4,6,8-10,15H,5,7,11H2,1-3H3/t15-/m1/s1. The van der Waals surface area contributed by atoms with E-state index in [9.17, 15) is 0 Å². The van der Waals surface area contributed by atoms with Crippen LogP contribution >= 0.6 is 0 Å². The van der Waals surface area contributed by atoms with Gasteiger partial charge in [-0.15, -0.1) is 0 Å². The smallest absolute Gasteiger partial charge is 0.141 e. The maximum atomic E-state index is 4.66. The van der Waals surface area contributed by atoms with Crippen molar-refractivity contribution in [3.63, 3.8) is 0 Å². The van der Waals surface area contributed by atoms with Gasteiger partial charge in [-0.25, -0.2) is 4.98 Å². The Labute approximate surface area is 114 Å². The van der Waals surface area contributed by atoms with Gasteiger partial charge in [-0.2, -0.15) is 0 Å². The zero-order chi connectivity index (χ0) is 13.4. The van der Waals surface area contributed by atoms with Gasteiger partial charge in [0.05, 0.1) is 0 Å². The zero-order valence-electron chi connectivity index (χ0n) is 11.9. The maximum Gasteiger partial charge on any atom is 0.141 e. The van der Waals surface area contributed by atoms with E-state index in [2.05, 4.69) is 59.6 Å². The number of pyridine rings is 1. The fraction of sp³-hybridized carbons (Fsp3) is 0.438. The summed E-state index contributed by atoms with van der Waals surface area (Å²) in [5.41, 5.74) is 3.85. The van der Waals surface area contributed by atoms with Gasteiger partial charge in [0.15, 0.2) is 0 Å². The van der Waals surface area contributed by atoms with Gasteiger partial charge in [-0.05, 0) is 58.5 Å². The monoisotopic (exact) mass is 255 g/mol. The summed E-state index contributed by atoms with van der Waals surface area (Å²) in [7, 11) is 2.21. The molecule has 19 heavy (non-hydrogen) atoms. The van der Waals surface area contributed by atoms with Gasteiger partial charge < -0.3 is 4.57 Å². The van der Waals surface area contributed by atoms with E-state index >= 15 is 0 Å².